The van der Waals surface area contributed by atoms with Crippen LogP contribution in [0.25, 0.3) is 0 Å². The summed E-state index contributed by atoms with van der Waals surface area (Å²) in [7, 11) is 0. The topological polar surface area (TPSA) is 58.2 Å². The van der Waals surface area contributed by atoms with Gasteiger partial charge in [0, 0.05) is 32.3 Å². The number of carbonyl (C=O) groups is 2. The van der Waals surface area contributed by atoms with E-state index in [-0.39, 0.29) is 11.8 Å². The fourth-order valence-electron chi connectivity index (χ4n) is 2.56. The Labute approximate surface area is 173 Å². The molecule has 0 saturated carbocycles. The lowest BCUT2D eigenvalue weighted by molar-refractivity contribution is 0.102. The second kappa shape index (κ2) is 9.48. The van der Waals surface area contributed by atoms with E-state index in [1.165, 1.54) is 0 Å². The van der Waals surface area contributed by atoms with E-state index in [1.807, 2.05) is 61.0 Å². The second-order valence-corrected chi connectivity index (χ2v) is 7.71. The predicted octanol–water partition coefficient (Wildman–Crippen LogP) is 5.64. The van der Waals surface area contributed by atoms with E-state index in [0.717, 1.165) is 9.79 Å². The number of hydrogen-bond donors (Lipinski definition) is 2. The number of anilines is 2. The Hall–Kier alpha value is -2.70. The van der Waals surface area contributed by atoms with Crippen LogP contribution < -0.4 is 10.6 Å². The summed E-state index contributed by atoms with van der Waals surface area (Å²) < 4.78 is 0. The normalized spacial score (nSPS) is 10.4. The smallest absolute Gasteiger partial charge is 0.255 e. The van der Waals surface area contributed by atoms with Crippen LogP contribution in [0.4, 0.5) is 11.4 Å². The largest absolute Gasteiger partial charge is 0.322 e. The molecule has 0 aliphatic carbocycles. The summed E-state index contributed by atoms with van der Waals surface area (Å²) in [5, 5.41) is 5.71. The minimum Gasteiger partial charge on any atom is -0.322 e. The summed E-state index contributed by atoms with van der Waals surface area (Å²) in [6.45, 7) is 0. The Morgan fingerprint density at radius 3 is 1.39 bits per heavy atom. The second-order valence-electron chi connectivity index (χ2n) is 5.95. The predicted molar refractivity (Wildman–Crippen MR) is 119 cm³/mol. The van der Waals surface area contributed by atoms with Gasteiger partial charge in [-0.05, 0) is 79.2 Å². The maximum atomic E-state index is 12.5. The average Bonchev–Trinajstić information content (AvgIpc) is 2.75. The highest BCUT2D eigenvalue weighted by molar-refractivity contribution is 7.98. The van der Waals surface area contributed by atoms with Crippen molar-refractivity contribution >= 4 is 46.7 Å². The average molecular weight is 409 g/mol. The molecule has 0 radical (unpaired) electrons. The van der Waals surface area contributed by atoms with E-state index in [9.17, 15) is 9.59 Å². The van der Waals surface area contributed by atoms with Crippen molar-refractivity contribution in [3.8, 4) is 0 Å². The van der Waals surface area contributed by atoms with Crippen LogP contribution in [0.15, 0.2) is 82.6 Å². The molecule has 3 aromatic rings. The van der Waals surface area contributed by atoms with Gasteiger partial charge in [-0.2, -0.15) is 0 Å². The molecule has 3 rings (SSSR count). The van der Waals surface area contributed by atoms with Gasteiger partial charge < -0.3 is 10.6 Å². The Bertz CT molecular complexity index is 894. The van der Waals surface area contributed by atoms with Crippen molar-refractivity contribution in [2.45, 2.75) is 9.79 Å². The summed E-state index contributed by atoms with van der Waals surface area (Å²) in [5.41, 5.74) is 2.29. The van der Waals surface area contributed by atoms with Crippen molar-refractivity contribution in [2.75, 3.05) is 23.1 Å². The molecule has 6 heteroatoms. The lowest BCUT2D eigenvalue weighted by atomic mass is 10.1. The van der Waals surface area contributed by atoms with E-state index >= 15 is 0 Å². The molecule has 142 valence electrons. The molecule has 28 heavy (non-hydrogen) atoms. The van der Waals surface area contributed by atoms with Gasteiger partial charge in [-0.3, -0.25) is 9.59 Å². The lowest BCUT2D eigenvalue weighted by Gasteiger charge is -2.09. The van der Waals surface area contributed by atoms with Crippen LogP contribution in [0, 0.1) is 0 Å². The van der Waals surface area contributed by atoms with Crippen LogP contribution in [-0.2, 0) is 0 Å². The zero-order chi connectivity index (χ0) is 19.9. The van der Waals surface area contributed by atoms with E-state index in [2.05, 4.69) is 10.6 Å². The molecule has 2 amide bonds. The van der Waals surface area contributed by atoms with Crippen molar-refractivity contribution < 1.29 is 9.59 Å². The van der Waals surface area contributed by atoms with Gasteiger partial charge in [0.1, 0.15) is 0 Å². The molecular formula is C22H20N2O2S2. The molecular weight excluding hydrogens is 388 g/mol. The Balaban J connectivity index is 1.69. The number of nitrogens with one attached hydrogen (secondary N) is 2. The Morgan fingerprint density at radius 2 is 1.04 bits per heavy atom. The zero-order valence-corrected chi connectivity index (χ0v) is 17.2. The lowest BCUT2D eigenvalue weighted by Crippen LogP contribution is -2.15. The Morgan fingerprint density at radius 1 is 0.643 bits per heavy atom. The molecule has 0 aromatic heterocycles. The van der Waals surface area contributed by atoms with Gasteiger partial charge in [-0.1, -0.05) is 6.07 Å². The van der Waals surface area contributed by atoms with Crippen LogP contribution in [0.3, 0.4) is 0 Å². The summed E-state index contributed by atoms with van der Waals surface area (Å²) in [5.74, 6) is -0.508. The van der Waals surface area contributed by atoms with Gasteiger partial charge in [0.05, 0.1) is 0 Å². The molecule has 0 heterocycles. The fourth-order valence-corrected chi connectivity index (χ4v) is 3.37. The molecule has 2 N–H and O–H groups in total. The van der Waals surface area contributed by atoms with Gasteiger partial charge in [-0.15, -0.1) is 23.5 Å². The van der Waals surface area contributed by atoms with Gasteiger partial charge in [0.25, 0.3) is 11.8 Å². The van der Waals surface area contributed by atoms with Crippen LogP contribution in [0.5, 0.6) is 0 Å². The molecule has 0 spiro atoms. The maximum Gasteiger partial charge on any atom is 0.255 e. The van der Waals surface area contributed by atoms with E-state index in [1.54, 1.807) is 47.8 Å². The SMILES string of the molecule is CSc1ccc(NC(=O)c2cccc(C(=O)Nc3ccc(SC)cc3)c2)cc1. The van der Waals surface area contributed by atoms with E-state index in [0.29, 0.717) is 22.5 Å². The first-order chi connectivity index (χ1) is 13.6. The minimum atomic E-state index is -0.254. The molecule has 0 unspecified atom stereocenters. The molecule has 0 aliphatic heterocycles. The number of thioether (sulfide) groups is 2. The monoisotopic (exact) mass is 408 g/mol. The van der Waals surface area contributed by atoms with Crippen LogP contribution >= 0.6 is 23.5 Å². The first kappa shape index (κ1) is 20.0. The van der Waals surface area contributed by atoms with Crippen LogP contribution in [0.2, 0.25) is 0 Å². The summed E-state index contributed by atoms with van der Waals surface area (Å²) >= 11 is 3.28. The van der Waals surface area contributed by atoms with E-state index in [4.69, 9.17) is 0 Å². The third-order valence-electron chi connectivity index (χ3n) is 4.08. The van der Waals surface area contributed by atoms with Crippen LogP contribution in [-0.4, -0.2) is 24.3 Å². The van der Waals surface area contributed by atoms with Crippen molar-refractivity contribution in [1.82, 2.24) is 0 Å². The zero-order valence-electron chi connectivity index (χ0n) is 15.6. The molecule has 0 bridgehead atoms. The van der Waals surface area contributed by atoms with Gasteiger partial charge >= 0.3 is 0 Å². The molecule has 3 aromatic carbocycles. The number of amides is 2. The first-order valence-electron chi connectivity index (χ1n) is 8.60. The molecule has 0 fully saturated rings. The van der Waals surface area contributed by atoms with Crippen molar-refractivity contribution in [1.29, 1.82) is 0 Å². The highest BCUT2D eigenvalue weighted by Gasteiger charge is 2.11. The summed E-state index contributed by atoms with van der Waals surface area (Å²) in [4.78, 5) is 27.3. The minimum absolute atomic E-state index is 0.254. The highest BCUT2D eigenvalue weighted by atomic mass is 32.2. The molecule has 0 atom stereocenters. The van der Waals surface area contributed by atoms with Gasteiger partial charge in [0.2, 0.25) is 0 Å². The molecule has 4 nitrogen and oxygen atoms in total. The number of benzene rings is 3. The number of carbonyl (C=O) groups excluding carboxylic acids is 2. The highest BCUT2D eigenvalue weighted by Crippen LogP contribution is 2.20. The first-order valence-corrected chi connectivity index (χ1v) is 11.0. The van der Waals surface area contributed by atoms with Crippen LogP contribution in [0.1, 0.15) is 20.7 Å². The molecule has 0 saturated heterocycles. The summed E-state index contributed by atoms with van der Waals surface area (Å²) in [6.07, 6.45) is 4.00. The standard InChI is InChI=1S/C22H20N2O2S2/c1-27-19-10-6-17(7-11-19)23-21(25)15-4-3-5-16(14-15)22(26)24-18-8-12-20(28-2)13-9-18/h3-14H,1-2H3,(H,23,25)(H,24,26). The van der Waals surface area contributed by atoms with Crippen molar-refractivity contribution in [3.63, 3.8) is 0 Å². The summed E-state index contributed by atoms with van der Waals surface area (Å²) in [6, 6.07) is 21.9. The molecule has 0 aliphatic rings. The quantitative estimate of drug-likeness (QED) is 0.519. The van der Waals surface area contributed by atoms with Gasteiger partial charge in [0.15, 0.2) is 0 Å². The Kier molecular flexibility index (Phi) is 6.79. The van der Waals surface area contributed by atoms with Gasteiger partial charge in [-0.25, -0.2) is 0 Å². The number of hydrogen-bond acceptors (Lipinski definition) is 4. The van der Waals surface area contributed by atoms with Crippen molar-refractivity contribution in [3.05, 3.63) is 83.9 Å². The number of rotatable bonds is 6. The van der Waals surface area contributed by atoms with E-state index < -0.39 is 0 Å². The third kappa shape index (κ3) is 5.18. The third-order valence-corrected chi connectivity index (χ3v) is 5.57. The fraction of sp³-hybridized carbons (Fsp3) is 0.0909. The van der Waals surface area contributed by atoms with Crippen molar-refractivity contribution in [2.24, 2.45) is 0 Å². The maximum absolute atomic E-state index is 12.5.